The molecule has 2 aliphatic carbocycles. The molecule has 0 heterocycles. The van der Waals surface area contributed by atoms with E-state index in [1.807, 2.05) is 0 Å². The van der Waals surface area contributed by atoms with E-state index in [2.05, 4.69) is 82.2 Å². The van der Waals surface area contributed by atoms with E-state index in [0.717, 1.165) is 0 Å². The fourth-order valence-electron chi connectivity index (χ4n) is 4.59. The van der Waals surface area contributed by atoms with Crippen molar-refractivity contribution in [3.8, 4) is 0 Å². The first kappa shape index (κ1) is 40.4. The van der Waals surface area contributed by atoms with E-state index in [-0.39, 0.29) is 104 Å². The molecule has 0 N–H and O–H groups in total. The summed E-state index contributed by atoms with van der Waals surface area (Å²) >= 11 is 0. The van der Waals surface area contributed by atoms with Crippen molar-refractivity contribution >= 4 is 0 Å². The molecular formula is C23H33Cl5U-6. The second-order valence-corrected chi connectivity index (χ2v) is 8.37. The van der Waals surface area contributed by atoms with Crippen LogP contribution in [0.2, 0.25) is 0 Å². The number of hydrogen-bond donors (Lipinski definition) is 0. The number of hydrogen-bond acceptors (Lipinski definition) is 0. The number of halogens is 5. The van der Waals surface area contributed by atoms with E-state index in [1.165, 1.54) is 50.2 Å². The molecule has 0 aromatic heterocycles. The molecule has 0 saturated carbocycles. The first-order valence-corrected chi connectivity index (χ1v) is 8.70. The van der Waals surface area contributed by atoms with Crippen LogP contribution in [0.5, 0.6) is 0 Å². The van der Waals surface area contributed by atoms with Crippen molar-refractivity contribution in [2.24, 2.45) is 10.8 Å². The molecule has 2 rings (SSSR count). The minimum absolute atomic E-state index is 0. The minimum Gasteiger partial charge on any atom is -1.00 e. The Hall–Kier alpha value is 1.07. The van der Waals surface area contributed by atoms with Crippen molar-refractivity contribution < 1.29 is 93.1 Å². The summed E-state index contributed by atoms with van der Waals surface area (Å²) in [5.74, 6) is 0. The maximum absolute atomic E-state index is 4.21. The fourth-order valence-corrected chi connectivity index (χ4v) is 4.59. The van der Waals surface area contributed by atoms with Gasteiger partial charge in [0.1, 0.15) is 0 Å². The molecule has 2 aliphatic rings. The molecular weight excluding hydrogens is 692 g/mol. The van der Waals surface area contributed by atoms with Gasteiger partial charge in [0.15, 0.2) is 0 Å². The summed E-state index contributed by atoms with van der Waals surface area (Å²) in [7, 11) is 0. The molecule has 0 amide bonds. The molecule has 0 aromatic carbocycles. The summed E-state index contributed by atoms with van der Waals surface area (Å²) in [6, 6.07) is 0. The summed E-state index contributed by atoms with van der Waals surface area (Å²) in [5, 5.41) is 0. The second kappa shape index (κ2) is 13.6. The molecule has 0 aliphatic heterocycles. The zero-order chi connectivity index (χ0) is 17.9. The molecule has 0 spiro atoms. The van der Waals surface area contributed by atoms with Crippen molar-refractivity contribution in [1.29, 1.82) is 0 Å². The summed E-state index contributed by atoms with van der Waals surface area (Å²) in [6.07, 6.45) is 2.10. The van der Waals surface area contributed by atoms with Crippen LogP contribution in [0, 0.1) is 48.9 Å². The predicted molar refractivity (Wildman–Crippen MR) is 103 cm³/mol. The van der Waals surface area contributed by atoms with E-state index in [0.29, 0.717) is 0 Å². The first-order valence-electron chi connectivity index (χ1n) is 8.70. The average molecular weight is 725 g/mol. The topological polar surface area (TPSA) is 0 Å². The average Bonchev–Trinajstić information content (AvgIpc) is 2.72. The maximum Gasteiger partial charge on any atom is 0 e. The third-order valence-electron chi connectivity index (χ3n) is 6.87. The summed E-state index contributed by atoms with van der Waals surface area (Å²) in [4.78, 5) is 0. The standard InChI is InChI=1S/C23H33.5ClH.U/c1-12-19(20-15(4)13(2)17(6)22(20,8)9)21-16(5)14(3)18(7)23(21,10)11;;;;;;/h12H,1H2,2-11H3;5*1H;/q-1;;;;;;/p-5. The SMILES string of the molecule is [CH2-]C=C(C1=C(C)C(C)=C(C)C1(C)C)C1=C(C)C(C)=C(C)C1(C)C.[Cl-].[Cl-].[Cl-].[Cl-].[Cl-].[U]. The van der Waals surface area contributed by atoms with Crippen LogP contribution in [0.25, 0.3) is 0 Å². The van der Waals surface area contributed by atoms with Gasteiger partial charge in [0.25, 0.3) is 0 Å². The molecule has 0 aromatic rings. The molecule has 0 nitrogen and oxygen atoms in total. The first-order chi connectivity index (χ1) is 10.4. The fraction of sp³-hybridized carbons (Fsp3) is 0.522. The van der Waals surface area contributed by atoms with E-state index < -0.39 is 0 Å². The molecule has 170 valence electrons. The third kappa shape index (κ3) is 6.11. The predicted octanol–water partition coefficient (Wildman–Crippen LogP) is -7.85. The Balaban J connectivity index is -0.000000320. The Kier molecular flexibility index (Phi) is 18.9. The van der Waals surface area contributed by atoms with Gasteiger partial charge in [0.2, 0.25) is 0 Å². The number of allylic oxidation sites excluding steroid dienone is 10. The van der Waals surface area contributed by atoms with Crippen LogP contribution in [0.3, 0.4) is 0 Å². The Morgan fingerprint density at radius 3 is 0.966 bits per heavy atom. The zero-order valence-electron chi connectivity index (χ0n) is 19.2. The van der Waals surface area contributed by atoms with Crippen molar-refractivity contribution in [3.63, 3.8) is 0 Å². The van der Waals surface area contributed by atoms with E-state index >= 15 is 0 Å². The van der Waals surface area contributed by atoms with Crippen LogP contribution >= 0.6 is 0 Å². The van der Waals surface area contributed by atoms with Gasteiger partial charge in [-0.2, -0.15) is 5.57 Å². The molecule has 0 bridgehead atoms. The van der Waals surface area contributed by atoms with E-state index in [1.54, 1.807) is 0 Å². The van der Waals surface area contributed by atoms with Gasteiger partial charge >= 0.3 is 0 Å². The van der Waals surface area contributed by atoms with Crippen LogP contribution in [0.15, 0.2) is 56.2 Å². The Labute approximate surface area is 234 Å². The minimum atomic E-state index is 0. The van der Waals surface area contributed by atoms with Gasteiger partial charge in [-0.15, -0.1) is 11.1 Å². The van der Waals surface area contributed by atoms with Crippen LogP contribution in [-0.2, 0) is 0 Å². The van der Waals surface area contributed by atoms with Gasteiger partial charge in [-0.25, -0.2) is 13.0 Å². The maximum atomic E-state index is 4.21. The Bertz CT molecular complexity index is 687. The molecule has 0 fully saturated rings. The van der Waals surface area contributed by atoms with E-state index in [9.17, 15) is 0 Å². The van der Waals surface area contributed by atoms with Crippen LogP contribution in [0.1, 0.15) is 69.2 Å². The smallest absolute Gasteiger partial charge is 0 e. The van der Waals surface area contributed by atoms with Crippen LogP contribution in [0.4, 0.5) is 0 Å². The zero-order valence-corrected chi connectivity index (χ0v) is 27.1. The van der Waals surface area contributed by atoms with Gasteiger partial charge in [-0.1, -0.05) is 50.0 Å². The summed E-state index contributed by atoms with van der Waals surface area (Å²) < 4.78 is 0. The van der Waals surface area contributed by atoms with Crippen LogP contribution in [-0.4, -0.2) is 0 Å². The third-order valence-corrected chi connectivity index (χ3v) is 6.87. The quantitative estimate of drug-likeness (QED) is 0.249. The Morgan fingerprint density at radius 1 is 0.586 bits per heavy atom. The molecule has 0 atom stereocenters. The van der Waals surface area contributed by atoms with Gasteiger partial charge in [0.05, 0.1) is 0 Å². The van der Waals surface area contributed by atoms with Crippen molar-refractivity contribution in [2.45, 2.75) is 69.2 Å². The molecule has 0 radical (unpaired) electrons. The van der Waals surface area contributed by atoms with Crippen molar-refractivity contribution in [1.82, 2.24) is 0 Å². The van der Waals surface area contributed by atoms with Crippen molar-refractivity contribution in [3.05, 3.63) is 63.2 Å². The second-order valence-electron chi connectivity index (χ2n) is 8.37. The molecule has 0 saturated heterocycles. The van der Waals surface area contributed by atoms with Crippen LogP contribution < -0.4 is 62.0 Å². The summed E-state index contributed by atoms with van der Waals surface area (Å²) in [6.45, 7) is 27.3. The molecule has 6 heteroatoms. The van der Waals surface area contributed by atoms with E-state index in [4.69, 9.17) is 0 Å². The van der Waals surface area contributed by atoms with Gasteiger partial charge in [-0.05, 0) is 63.5 Å². The Morgan fingerprint density at radius 2 is 0.828 bits per heavy atom. The molecule has 0 unspecified atom stereocenters. The summed E-state index contributed by atoms with van der Waals surface area (Å²) in [5.41, 5.74) is 13.2. The monoisotopic (exact) mass is 722 g/mol. The van der Waals surface area contributed by atoms with Crippen molar-refractivity contribution in [2.75, 3.05) is 0 Å². The normalized spacial score (nSPS) is 18.6. The molecule has 29 heavy (non-hydrogen) atoms. The van der Waals surface area contributed by atoms with Gasteiger partial charge < -0.3 is 62.0 Å². The van der Waals surface area contributed by atoms with Gasteiger partial charge in [-0.3, -0.25) is 0 Å². The number of rotatable bonds is 2. The largest absolute Gasteiger partial charge is 1.00 e. The van der Waals surface area contributed by atoms with Gasteiger partial charge in [0, 0.05) is 31.1 Å².